The molecular weight excluding hydrogens is 346 g/mol. The molecule has 0 bridgehead atoms. The molecule has 0 aliphatic rings. The van der Waals surface area contributed by atoms with Crippen LogP contribution in [0.1, 0.15) is 24.8 Å². The van der Waals surface area contributed by atoms with Crippen LogP contribution in [0.5, 0.6) is 0 Å². The predicted molar refractivity (Wildman–Crippen MR) is 100.0 cm³/mol. The van der Waals surface area contributed by atoms with Gasteiger partial charge in [-0.05, 0) is 36.8 Å². The molecule has 0 spiro atoms. The maximum atomic E-state index is 12.2. The molecule has 8 nitrogen and oxygen atoms in total. The molecule has 3 aromatic rings. The molecule has 0 fully saturated rings. The molecule has 0 radical (unpaired) electrons. The number of amides is 2. The highest BCUT2D eigenvalue weighted by atomic mass is 16.5. The van der Waals surface area contributed by atoms with E-state index in [1.54, 1.807) is 30.6 Å². The van der Waals surface area contributed by atoms with Gasteiger partial charge in [0.25, 0.3) is 0 Å². The monoisotopic (exact) mass is 365 g/mol. The number of aryl methyl sites for hydroxylation is 2. The van der Waals surface area contributed by atoms with Gasteiger partial charge < -0.3 is 15.2 Å². The Bertz CT molecular complexity index is 953. The number of pyridine rings is 1. The number of hydrogen-bond donors (Lipinski definition) is 2. The summed E-state index contributed by atoms with van der Waals surface area (Å²) in [6, 6.07) is 8.96. The molecule has 0 aliphatic carbocycles. The maximum Gasteiger partial charge on any atom is 0.227 e. The topological polar surface area (TPSA) is 110 Å². The van der Waals surface area contributed by atoms with Crippen molar-refractivity contribution in [3.8, 4) is 11.4 Å². The average Bonchev–Trinajstić information content (AvgIpc) is 3.12. The predicted octanol–water partition coefficient (Wildman–Crippen LogP) is 2.97. The highest BCUT2D eigenvalue weighted by Crippen LogP contribution is 2.21. The third kappa shape index (κ3) is 4.97. The largest absolute Gasteiger partial charge is 0.339 e. The summed E-state index contributed by atoms with van der Waals surface area (Å²) < 4.78 is 5.19. The molecule has 1 aromatic carbocycles. The Morgan fingerprint density at radius 3 is 2.78 bits per heavy atom. The lowest BCUT2D eigenvalue weighted by molar-refractivity contribution is -0.116. The Hall–Kier alpha value is -3.55. The third-order valence-corrected chi connectivity index (χ3v) is 3.79. The lowest BCUT2D eigenvalue weighted by Crippen LogP contribution is -2.14. The summed E-state index contributed by atoms with van der Waals surface area (Å²) in [6.45, 7) is 3.31. The van der Waals surface area contributed by atoms with Gasteiger partial charge in [-0.25, -0.2) is 0 Å². The van der Waals surface area contributed by atoms with Crippen molar-refractivity contribution in [3.63, 3.8) is 0 Å². The van der Waals surface area contributed by atoms with Crippen LogP contribution in [-0.4, -0.2) is 26.9 Å². The van der Waals surface area contributed by atoms with Gasteiger partial charge in [-0.15, -0.1) is 0 Å². The molecule has 2 amide bonds. The highest BCUT2D eigenvalue weighted by Gasteiger charge is 2.12. The van der Waals surface area contributed by atoms with E-state index in [1.807, 2.05) is 19.1 Å². The zero-order valence-electron chi connectivity index (χ0n) is 15.0. The van der Waals surface area contributed by atoms with Crippen LogP contribution in [0, 0.1) is 6.92 Å². The fourth-order valence-corrected chi connectivity index (χ4v) is 2.44. The number of anilines is 2. The van der Waals surface area contributed by atoms with Crippen LogP contribution in [0.25, 0.3) is 11.4 Å². The van der Waals surface area contributed by atoms with Crippen molar-refractivity contribution in [1.82, 2.24) is 15.1 Å². The van der Waals surface area contributed by atoms with E-state index in [-0.39, 0.29) is 18.2 Å². The number of hydrogen-bond acceptors (Lipinski definition) is 6. The summed E-state index contributed by atoms with van der Waals surface area (Å²) in [7, 11) is 0. The standard InChI is InChI=1S/C19H19N5O3/c1-12-5-6-15(21-13(2)25)10-16(12)22-17(26)7-8-18-23-19(24-27-18)14-4-3-9-20-11-14/h3-6,9-11H,7-8H2,1-2H3,(H,21,25)(H,22,26). The van der Waals surface area contributed by atoms with Crippen LogP contribution in [0.2, 0.25) is 0 Å². The molecule has 0 saturated heterocycles. The van der Waals surface area contributed by atoms with Crippen LogP contribution < -0.4 is 10.6 Å². The smallest absolute Gasteiger partial charge is 0.227 e. The second-order valence-corrected chi connectivity index (χ2v) is 6.01. The fourth-order valence-electron chi connectivity index (χ4n) is 2.44. The van der Waals surface area contributed by atoms with E-state index < -0.39 is 0 Å². The van der Waals surface area contributed by atoms with Gasteiger partial charge in [0, 0.05) is 49.1 Å². The van der Waals surface area contributed by atoms with Crippen LogP contribution in [0.15, 0.2) is 47.2 Å². The van der Waals surface area contributed by atoms with E-state index >= 15 is 0 Å². The minimum absolute atomic E-state index is 0.169. The molecule has 138 valence electrons. The number of aromatic nitrogens is 3. The van der Waals surface area contributed by atoms with E-state index in [1.165, 1.54) is 6.92 Å². The van der Waals surface area contributed by atoms with Crippen molar-refractivity contribution >= 4 is 23.2 Å². The summed E-state index contributed by atoms with van der Waals surface area (Å²) in [5, 5.41) is 9.44. The van der Waals surface area contributed by atoms with Crippen molar-refractivity contribution in [1.29, 1.82) is 0 Å². The Balaban J connectivity index is 1.59. The third-order valence-electron chi connectivity index (χ3n) is 3.79. The first kappa shape index (κ1) is 18.2. The Labute approximate surface area is 156 Å². The number of rotatable bonds is 6. The lowest BCUT2D eigenvalue weighted by atomic mass is 10.1. The van der Waals surface area contributed by atoms with Crippen LogP contribution in [0.3, 0.4) is 0 Å². The van der Waals surface area contributed by atoms with Crippen molar-refractivity contribution < 1.29 is 14.1 Å². The molecule has 0 atom stereocenters. The molecule has 27 heavy (non-hydrogen) atoms. The molecular formula is C19H19N5O3. The second-order valence-electron chi connectivity index (χ2n) is 6.01. The average molecular weight is 365 g/mol. The van der Waals surface area contributed by atoms with E-state index in [0.717, 1.165) is 11.1 Å². The first-order chi connectivity index (χ1) is 13.0. The molecule has 8 heteroatoms. The van der Waals surface area contributed by atoms with Gasteiger partial charge in [-0.3, -0.25) is 14.6 Å². The van der Waals surface area contributed by atoms with Gasteiger partial charge in [-0.2, -0.15) is 4.98 Å². The molecule has 0 aliphatic heterocycles. The maximum absolute atomic E-state index is 12.2. The number of carbonyl (C=O) groups is 2. The van der Waals surface area contributed by atoms with Gasteiger partial charge in [0.05, 0.1) is 0 Å². The van der Waals surface area contributed by atoms with Gasteiger partial charge in [0.15, 0.2) is 0 Å². The molecule has 3 rings (SSSR count). The molecule has 0 unspecified atom stereocenters. The number of carbonyl (C=O) groups excluding carboxylic acids is 2. The van der Waals surface area contributed by atoms with Gasteiger partial charge in [0.2, 0.25) is 23.5 Å². The SMILES string of the molecule is CC(=O)Nc1ccc(C)c(NC(=O)CCc2nc(-c3cccnc3)no2)c1. The quantitative estimate of drug-likeness (QED) is 0.695. The zero-order chi connectivity index (χ0) is 19.2. The Morgan fingerprint density at radius 1 is 1.19 bits per heavy atom. The Morgan fingerprint density at radius 2 is 2.04 bits per heavy atom. The summed E-state index contributed by atoms with van der Waals surface area (Å²) in [5.74, 6) is 0.473. The second kappa shape index (κ2) is 8.22. The summed E-state index contributed by atoms with van der Waals surface area (Å²) in [6.07, 6.45) is 3.83. The molecule has 2 aromatic heterocycles. The number of nitrogens with zero attached hydrogens (tertiary/aromatic N) is 3. The van der Waals surface area contributed by atoms with E-state index in [9.17, 15) is 9.59 Å². The van der Waals surface area contributed by atoms with Crippen LogP contribution in [-0.2, 0) is 16.0 Å². The number of nitrogens with one attached hydrogen (secondary N) is 2. The van der Waals surface area contributed by atoms with E-state index in [2.05, 4.69) is 25.8 Å². The van der Waals surface area contributed by atoms with E-state index in [4.69, 9.17) is 4.52 Å². The molecule has 2 heterocycles. The summed E-state index contributed by atoms with van der Waals surface area (Å²) in [4.78, 5) is 31.7. The minimum Gasteiger partial charge on any atom is -0.339 e. The Kier molecular flexibility index (Phi) is 5.55. The van der Waals surface area contributed by atoms with Crippen LogP contribution in [0.4, 0.5) is 11.4 Å². The van der Waals surface area contributed by atoms with Gasteiger partial charge in [-0.1, -0.05) is 11.2 Å². The highest BCUT2D eigenvalue weighted by molar-refractivity contribution is 5.94. The summed E-state index contributed by atoms with van der Waals surface area (Å²) >= 11 is 0. The molecule has 0 saturated carbocycles. The molecule has 2 N–H and O–H groups in total. The number of benzene rings is 1. The van der Waals surface area contributed by atoms with Crippen molar-refractivity contribution in [2.24, 2.45) is 0 Å². The zero-order valence-corrected chi connectivity index (χ0v) is 15.0. The summed E-state index contributed by atoms with van der Waals surface area (Å²) in [5.41, 5.74) is 2.92. The first-order valence-electron chi connectivity index (χ1n) is 8.42. The minimum atomic E-state index is -0.181. The van der Waals surface area contributed by atoms with Crippen molar-refractivity contribution in [2.75, 3.05) is 10.6 Å². The lowest BCUT2D eigenvalue weighted by Gasteiger charge is -2.10. The van der Waals surface area contributed by atoms with Gasteiger partial charge >= 0.3 is 0 Å². The fraction of sp³-hybridized carbons (Fsp3) is 0.211. The first-order valence-corrected chi connectivity index (χ1v) is 8.42. The van der Waals surface area contributed by atoms with Gasteiger partial charge in [0.1, 0.15) is 0 Å². The normalized spacial score (nSPS) is 10.4. The van der Waals surface area contributed by atoms with E-state index in [0.29, 0.717) is 29.5 Å². The van der Waals surface area contributed by atoms with Crippen molar-refractivity contribution in [3.05, 3.63) is 54.2 Å². The van der Waals surface area contributed by atoms with Crippen LogP contribution >= 0.6 is 0 Å². The van der Waals surface area contributed by atoms with Crippen molar-refractivity contribution in [2.45, 2.75) is 26.7 Å².